The minimum absolute atomic E-state index is 0.459. The molecule has 1 aliphatic rings. The molecule has 0 saturated heterocycles. The molecular weight excluding hydrogens is 222 g/mol. The van der Waals surface area contributed by atoms with E-state index in [2.05, 4.69) is 0 Å². The summed E-state index contributed by atoms with van der Waals surface area (Å²) in [5.41, 5.74) is 1.52. The van der Waals surface area contributed by atoms with E-state index < -0.39 is 16.9 Å². The number of carbonyl (C=O) groups excluding carboxylic acids is 1. The average Bonchev–Trinajstić information content (AvgIpc) is 2.48. The lowest BCUT2D eigenvalue weighted by Crippen LogP contribution is -1.90. The molecule has 0 radical (unpaired) electrons. The first-order chi connectivity index (χ1) is 7.08. The smallest absolute Gasteiger partial charge is 0.245 e. The van der Waals surface area contributed by atoms with Gasteiger partial charge >= 0.3 is 0 Å². The van der Waals surface area contributed by atoms with Crippen LogP contribution in [-0.4, -0.2) is 5.24 Å². The van der Waals surface area contributed by atoms with Gasteiger partial charge in [-0.1, -0.05) is 0 Å². The summed E-state index contributed by atoms with van der Waals surface area (Å²) in [6.45, 7) is 0. The van der Waals surface area contributed by atoms with E-state index in [-0.39, 0.29) is 0 Å². The van der Waals surface area contributed by atoms with Crippen LogP contribution in [-0.2, 0) is 11.2 Å². The van der Waals surface area contributed by atoms with E-state index in [4.69, 9.17) is 11.6 Å². The lowest BCUT2D eigenvalue weighted by Gasteiger charge is -2.01. The molecule has 0 atom stereocenters. The molecule has 0 fully saturated rings. The fourth-order valence-corrected chi connectivity index (χ4v) is 1.96. The first-order valence-corrected chi connectivity index (χ1v) is 4.84. The van der Waals surface area contributed by atoms with Crippen LogP contribution in [0.25, 0.3) is 5.57 Å². The lowest BCUT2D eigenvalue weighted by molar-refractivity contribution is -0.107. The monoisotopic (exact) mass is 228 g/mol. The van der Waals surface area contributed by atoms with Crippen LogP contribution >= 0.6 is 11.6 Å². The highest BCUT2D eigenvalue weighted by Crippen LogP contribution is 2.34. The topological polar surface area (TPSA) is 17.1 Å². The van der Waals surface area contributed by atoms with Crippen molar-refractivity contribution in [1.82, 2.24) is 0 Å². The third-order valence-corrected chi connectivity index (χ3v) is 2.55. The molecule has 0 aromatic heterocycles. The second-order valence-corrected chi connectivity index (χ2v) is 3.76. The molecule has 0 heterocycles. The number of fused-ring (bicyclic) bond motifs is 1. The maximum Gasteiger partial charge on any atom is 0.245 e. The normalized spacial score (nSPS) is 16.9. The Hall–Kier alpha value is -1.22. The first kappa shape index (κ1) is 10.3. The van der Waals surface area contributed by atoms with Crippen molar-refractivity contribution >= 4 is 22.4 Å². The van der Waals surface area contributed by atoms with Gasteiger partial charge < -0.3 is 0 Å². The van der Waals surface area contributed by atoms with Crippen LogP contribution in [0.2, 0.25) is 0 Å². The predicted molar refractivity (Wildman–Crippen MR) is 53.5 cm³/mol. The standard InChI is InChI=1S/C11H7ClF2O/c12-11(15)3-6-1-2-8-9(6)4-7(13)5-10(8)14/h3-5H,1-2H2/b6-3-. The van der Waals surface area contributed by atoms with Gasteiger partial charge in [0.1, 0.15) is 11.6 Å². The number of carbonyl (C=O) groups is 1. The summed E-state index contributed by atoms with van der Waals surface area (Å²) in [5, 5.41) is -0.623. The van der Waals surface area contributed by atoms with Crippen molar-refractivity contribution in [3.05, 3.63) is 41.0 Å². The lowest BCUT2D eigenvalue weighted by atomic mass is 10.1. The molecule has 1 aliphatic carbocycles. The number of allylic oxidation sites excluding steroid dienone is 2. The SMILES string of the molecule is O=C(Cl)/C=C1/CCc2c(F)cc(F)cc21. The van der Waals surface area contributed by atoms with Crippen LogP contribution < -0.4 is 0 Å². The van der Waals surface area contributed by atoms with Gasteiger partial charge in [-0.2, -0.15) is 0 Å². The second-order valence-electron chi connectivity index (χ2n) is 3.39. The van der Waals surface area contributed by atoms with Gasteiger partial charge in [0.15, 0.2) is 0 Å². The highest BCUT2D eigenvalue weighted by atomic mass is 35.5. The summed E-state index contributed by atoms with van der Waals surface area (Å²) in [7, 11) is 0. The molecule has 4 heteroatoms. The van der Waals surface area contributed by atoms with Crippen LogP contribution in [0.4, 0.5) is 8.78 Å². The summed E-state index contributed by atoms with van der Waals surface area (Å²) in [4.78, 5) is 10.7. The molecule has 1 nitrogen and oxygen atoms in total. The third kappa shape index (κ3) is 1.92. The molecule has 0 aliphatic heterocycles. The fourth-order valence-electron chi connectivity index (χ4n) is 1.83. The van der Waals surface area contributed by atoms with E-state index in [1.165, 1.54) is 12.1 Å². The average molecular weight is 229 g/mol. The molecule has 0 saturated carbocycles. The Morgan fingerprint density at radius 3 is 2.73 bits per heavy atom. The highest BCUT2D eigenvalue weighted by molar-refractivity contribution is 6.67. The number of hydrogen-bond acceptors (Lipinski definition) is 1. The van der Waals surface area contributed by atoms with E-state index in [0.717, 1.165) is 6.07 Å². The van der Waals surface area contributed by atoms with E-state index in [1.54, 1.807) is 0 Å². The van der Waals surface area contributed by atoms with Crippen molar-refractivity contribution in [2.75, 3.05) is 0 Å². The minimum atomic E-state index is -0.638. The summed E-state index contributed by atoms with van der Waals surface area (Å²) in [6.07, 6.45) is 2.22. The molecule has 0 bridgehead atoms. The Labute approximate surface area is 90.4 Å². The summed E-state index contributed by atoms with van der Waals surface area (Å²) < 4.78 is 26.2. The zero-order chi connectivity index (χ0) is 11.0. The Morgan fingerprint density at radius 1 is 1.33 bits per heavy atom. The Balaban J connectivity index is 2.55. The second kappa shape index (κ2) is 3.74. The summed E-state index contributed by atoms with van der Waals surface area (Å²) in [6, 6.07) is 2.08. The van der Waals surface area contributed by atoms with E-state index in [1.807, 2.05) is 0 Å². The Morgan fingerprint density at radius 2 is 2.07 bits per heavy atom. The van der Waals surface area contributed by atoms with Gasteiger partial charge in [0.25, 0.3) is 0 Å². The molecule has 0 spiro atoms. The van der Waals surface area contributed by atoms with Crippen molar-refractivity contribution in [3.8, 4) is 0 Å². The molecule has 78 valence electrons. The van der Waals surface area contributed by atoms with E-state index in [9.17, 15) is 13.6 Å². The molecular formula is C11H7ClF2O. The first-order valence-electron chi connectivity index (χ1n) is 4.46. The van der Waals surface area contributed by atoms with Crippen molar-refractivity contribution < 1.29 is 13.6 Å². The molecule has 0 amide bonds. The van der Waals surface area contributed by atoms with Crippen molar-refractivity contribution in [2.45, 2.75) is 12.8 Å². The zero-order valence-corrected chi connectivity index (χ0v) is 8.44. The van der Waals surface area contributed by atoms with Gasteiger partial charge in [0, 0.05) is 12.1 Å². The molecule has 1 aromatic rings. The van der Waals surface area contributed by atoms with Gasteiger partial charge in [0.05, 0.1) is 0 Å². The highest BCUT2D eigenvalue weighted by Gasteiger charge is 2.21. The summed E-state index contributed by atoms with van der Waals surface area (Å²) in [5.74, 6) is -1.20. The molecule has 1 aromatic carbocycles. The van der Waals surface area contributed by atoms with Gasteiger partial charge in [-0.05, 0) is 47.2 Å². The Kier molecular flexibility index (Phi) is 2.57. The quantitative estimate of drug-likeness (QED) is 0.533. The molecule has 15 heavy (non-hydrogen) atoms. The van der Waals surface area contributed by atoms with Crippen LogP contribution in [0, 0.1) is 11.6 Å². The number of rotatable bonds is 1. The van der Waals surface area contributed by atoms with E-state index in [0.29, 0.717) is 29.5 Å². The van der Waals surface area contributed by atoms with Crippen molar-refractivity contribution in [2.24, 2.45) is 0 Å². The predicted octanol–water partition coefficient (Wildman–Crippen LogP) is 3.06. The molecule has 0 unspecified atom stereocenters. The summed E-state index contributed by atoms with van der Waals surface area (Å²) >= 11 is 5.20. The number of halogens is 3. The number of benzene rings is 1. The fraction of sp³-hybridized carbons (Fsp3) is 0.182. The minimum Gasteiger partial charge on any atom is -0.276 e. The van der Waals surface area contributed by atoms with Crippen LogP contribution in [0.5, 0.6) is 0 Å². The van der Waals surface area contributed by atoms with E-state index >= 15 is 0 Å². The van der Waals surface area contributed by atoms with Crippen molar-refractivity contribution in [3.63, 3.8) is 0 Å². The third-order valence-electron chi connectivity index (χ3n) is 2.44. The molecule has 2 rings (SSSR count). The van der Waals surface area contributed by atoms with Gasteiger partial charge in [-0.25, -0.2) is 8.78 Å². The zero-order valence-electron chi connectivity index (χ0n) is 7.69. The van der Waals surface area contributed by atoms with Crippen LogP contribution in [0.1, 0.15) is 17.5 Å². The van der Waals surface area contributed by atoms with Gasteiger partial charge in [0.2, 0.25) is 5.24 Å². The van der Waals surface area contributed by atoms with Gasteiger partial charge in [-0.3, -0.25) is 4.79 Å². The maximum absolute atomic E-state index is 13.3. The number of hydrogen-bond donors (Lipinski definition) is 0. The van der Waals surface area contributed by atoms with Crippen molar-refractivity contribution in [1.29, 1.82) is 0 Å². The maximum atomic E-state index is 13.3. The van der Waals surface area contributed by atoms with Crippen LogP contribution in [0.3, 0.4) is 0 Å². The Bertz CT molecular complexity index is 466. The molecule has 0 N–H and O–H groups in total. The van der Waals surface area contributed by atoms with Crippen LogP contribution in [0.15, 0.2) is 18.2 Å². The largest absolute Gasteiger partial charge is 0.276 e. The van der Waals surface area contributed by atoms with Gasteiger partial charge in [-0.15, -0.1) is 0 Å².